The maximum atomic E-state index is 11.9. The standard InChI is InChI=1S/C29H42O13/c1-13(2)5-7-15-9-17(27(37)38)10-16(8-6-14(3)4)25(15)41-29-24(36)22(34)26(19(12-31)40-29)42-28-23(35)21(33)20(32)18(11-30)39-28/h5-6,9-10,18-24,26,28-36H,7-8,11-12H2,1-4H3,(H,37,38). The second kappa shape index (κ2) is 14.8. The molecule has 0 bridgehead atoms. The number of rotatable bonds is 11. The molecule has 0 spiro atoms. The molecule has 1 aromatic rings. The van der Waals surface area contributed by atoms with E-state index in [-0.39, 0.29) is 11.3 Å². The summed E-state index contributed by atoms with van der Waals surface area (Å²) in [6.07, 6.45) is -11.6. The van der Waals surface area contributed by atoms with Gasteiger partial charge in [0, 0.05) is 0 Å². The molecule has 2 fully saturated rings. The number of ether oxygens (including phenoxy) is 4. The van der Waals surface area contributed by atoms with Gasteiger partial charge in [-0.3, -0.25) is 0 Å². The number of carbonyl (C=O) groups is 1. The van der Waals surface area contributed by atoms with Gasteiger partial charge in [0.15, 0.2) is 6.29 Å². The lowest BCUT2D eigenvalue weighted by Crippen LogP contribution is -2.65. The highest BCUT2D eigenvalue weighted by Crippen LogP contribution is 2.34. The lowest BCUT2D eigenvalue weighted by Gasteiger charge is -2.46. The molecule has 236 valence electrons. The van der Waals surface area contributed by atoms with Gasteiger partial charge in [0.1, 0.15) is 54.6 Å². The minimum Gasteiger partial charge on any atom is -0.478 e. The summed E-state index contributed by atoms with van der Waals surface area (Å²) in [5, 5.41) is 81.7. The van der Waals surface area contributed by atoms with Crippen molar-refractivity contribution in [2.45, 2.75) is 102 Å². The smallest absolute Gasteiger partial charge is 0.335 e. The van der Waals surface area contributed by atoms with E-state index < -0.39 is 80.6 Å². The van der Waals surface area contributed by atoms with Crippen LogP contribution in [0.3, 0.4) is 0 Å². The van der Waals surface area contributed by atoms with Crippen molar-refractivity contribution < 1.29 is 64.6 Å². The molecule has 13 nitrogen and oxygen atoms in total. The molecule has 3 rings (SSSR count). The van der Waals surface area contributed by atoms with Crippen molar-refractivity contribution in [3.63, 3.8) is 0 Å². The van der Waals surface area contributed by atoms with Gasteiger partial charge in [0.05, 0.1) is 18.8 Å². The van der Waals surface area contributed by atoms with Crippen LogP contribution in [0, 0.1) is 0 Å². The number of aliphatic hydroxyl groups is 7. The lowest BCUT2D eigenvalue weighted by atomic mass is 9.96. The third kappa shape index (κ3) is 7.94. The maximum absolute atomic E-state index is 11.9. The maximum Gasteiger partial charge on any atom is 0.335 e. The molecule has 0 aromatic heterocycles. The zero-order chi connectivity index (χ0) is 31.3. The van der Waals surface area contributed by atoms with Crippen molar-refractivity contribution in [1.29, 1.82) is 0 Å². The van der Waals surface area contributed by atoms with E-state index in [9.17, 15) is 45.6 Å². The van der Waals surface area contributed by atoms with Crippen LogP contribution in [0.15, 0.2) is 35.4 Å². The first-order valence-electron chi connectivity index (χ1n) is 13.7. The first-order valence-corrected chi connectivity index (χ1v) is 13.7. The molecule has 2 heterocycles. The molecule has 1 aromatic carbocycles. The van der Waals surface area contributed by atoms with E-state index in [1.807, 2.05) is 39.8 Å². The van der Waals surface area contributed by atoms with E-state index in [4.69, 9.17) is 18.9 Å². The highest BCUT2D eigenvalue weighted by atomic mass is 16.7. The highest BCUT2D eigenvalue weighted by Gasteiger charge is 2.51. The van der Waals surface area contributed by atoms with Crippen molar-refractivity contribution in [2.75, 3.05) is 13.2 Å². The fraction of sp³-hybridized carbons (Fsp3) is 0.621. The fourth-order valence-corrected chi connectivity index (χ4v) is 4.73. The summed E-state index contributed by atoms with van der Waals surface area (Å²) in [6.45, 7) is 6.12. The Morgan fingerprint density at radius 3 is 1.74 bits per heavy atom. The second-order valence-corrected chi connectivity index (χ2v) is 11.0. The van der Waals surface area contributed by atoms with Gasteiger partial charge in [0.25, 0.3) is 0 Å². The predicted molar refractivity (Wildman–Crippen MR) is 147 cm³/mol. The number of carboxylic acids is 1. The largest absolute Gasteiger partial charge is 0.478 e. The van der Waals surface area contributed by atoms with Gasteiger partial charge in [-0.2, -0.15) is 0 Å². The molecular formula is C29H42O13. The minimum absolute atomic E-state index is 0.0445. The molecule has 0 amide bonds. The average molecular weight is 599 g/mol. The molecule has 2 aliphatic heterocycles. The quantitative estimate of drug-likeness (QED) is 0.150. The predicted octanol–water partition coefficient (Wildman–Crippen LogP) is -0.595. The van der Waals surface area contributed by atoms with Gasteiger partial charge in [-0.05, 0) is 63.8 Å². The third-order valence-electron chi connectivity index (χ3n) is 7.14. The van der Waals surface area contributed by atoms with E-state index in [0.717, 1.165) is 11.1 Å². The molecule has 42 heavy (non-hydrogen) atoms. The van der Waals surface area contributed by atoms with Crippen LogP contribution in [0.5, 0.6) is 5.75 Å². The van der Waals surface area contributed by atoms with Crippen LogP contribution >= 0.6 is 0 Å². The van der Waals surface area contributed by atoms with Gasteiger partial charge in [0.2, 0.25) is 6.29 Å². The first kappa shape index (κ1) is 34.1. The summed E-state index contributed by atoms with van der Waals surface area (Å²) >= 11 is 0. The van der Waals surface area contributed by atoms with Crippen molar-refractivity contribution in [1.82, 2.24) is 0 Å². The lowest BCUT2D eigenvalue weighted by molar-refractivity contribution is -0.352. The zero-order valence-electron chi connectivity index (χ0n) is 24.0. The number of aromatic carboxylic acids is 1. The van der Waals surface area contributed by atoms with Crippen molar-refractivity contribution >= 4 is 5.97 Å². The van der Waals surface area contributed by atoms with Crippen molar-refractivity contribution in [2.24, 2.45) is 0 Å². The third-order valence-corrected chi connectivity index (χ3v) is 7.14. The Morgan fingerprint density at radius 1 is 0.762 bits per heavy atom. The average Bonchev–Trinajstić information content (AvgIpc) is 2.94. The normalized spacial score (nSPS) is 33.1. The van der Waals surface area contributed by atoms with Gasteiger partial charge in [-0.15, -0.1) is 0 Å². The van der Waals surface area contributed by atoms with E-state index in [0.29, 0.717) is 24.0 Å². The van der Waals surface area contributed by atoms with Gasteiger partial charge < -0.3 is 59.8 Å². The monoisotopic (exact) mass is 598 g/mol. The van der Waals surface area contributed by atoms with E-state index >= 15 is 0 Å². The van der Waals surface area contributed by atoms with Gasteiger partial charge in [-0.25, -0.2) is 4.79 Å². The summed E-state index contributed by atoms with van der Waals surface area (Å²) in [6, 6.07) is 2.92. The molecule has 13 heteroatoms. The van der Waals surface area contributed by atoms with E-state index in [2.05, 4.69) is 0 Å². The highest BCUT2D eigenvalue weighted by molar-refractivity contribution is 5.88. The Labute approximate surface area is 243 Å². The van der Waals surface area contributed by atoms with Gasteiger partial charge >= 0.3 is 5.97 Å². The summed E-state index contributed by atoms with van der Waals surface area (Å²) in [5.41, 5.74) is 3.00. The number of hydrogen-bond acceptors (Lipinski definition) is 12. The van der Waals surface area contributed by atoms with E-state index in [1.54, 1.807) is 0 Å². The summed E-state index contributed by atoms with van der Waals surface area (Å²) in [4.78, 5) is 11.9. The molecule has 10 atom stereocenters. The summed E-state index contributed by atoms with van der Waals surface area (Å²) in [5.74, 6) is -0.882. The molecule has 10 unspecified atom stereocenters. The molecule has 0 saturated carbocycles. The molecular weight excluding hydrogens is 556 g/mol. The molecule has 0 radical (unpaired) electrons. The number of carboxylic acid groups (broad SMARTS) is 1. The van der Waals surface area contributed by atoms with Crippen LogP contribution < -0.4 is 4.74 Å². The van der Waals surface area contributed by atoms with Crippen LogP contribution in [0.4, 0.5) is 0 Å². The topological polar surface area (TPSA) is 216 Å². The van der Waals surface area contributed by atoms with Crippen LogP contribution in [0.25, 0.3) is 0 Å². The molecule has 8 N–H and O–H groups in total. The number of hydrogen-bond donors (Lipinski definition) is 8. The van der Waals surface area contributed by atoms with Crippen LogP contribution in [0.1, 0.15) is 49.2 Å². The number of benzene rings is 1. The summed E-state index contributed by atoms with van der Waals surface area (Å²) < 4.78 is 22.9. The Hall–Kier alpha value is -2.43. The molecule has 2 saturated heterocycles. The minimum atomic E-state index is -1.79. The van der Waals surface area contributed by atoms with E-state index in [1.165, 1.54) is 12.1 Å². The SMILES string of the molecule is CC(C)=CCc1cc(C(=O)O)cc(CC=C(C)C)c1OC1OC(CO)C(OC2OC(CO)C(O)C(O)C2O)C(O)C1O. The summed E-state index contributed by atoms with van der Waals surface area (Å²) in [7, 11) is 0. The molecule has 2 aliphatic rings. The Bertz CT molecular complexity index is 1080. The van der Waals surface area contributed by atoms with Crippen LogP contribution in [0.2, 0.25) is 0 Å². The number of aliphatic hydroxyl groups excluding tert-OH is 7. The van der Waals surface area contributed by atoms with Crippen LogP contribution in [-0.2, 0) is 27.1 Å². The molecule has 0 aliphatic carbocycles. The Kier molecular flexibility index (Phi) is 12.0. The second-order valence-electron chi connectivity index (χ2n) is 11.0. The van der Waals surface area contributed by atoms with Crippen LogP contribution in [-0.4, -0.2) is 121 Å². The number of allylic oxidation sites excluding steroid dienone is 4. The van der Waals surface area contributed by atoms with Crippen molar-refractivity contribution in [3.8, 4) is 5.75 Å². The Balaban J connectivity index is 1.93. The van der Waals surface area contributed by atoms with Gasteiger partial charge in [-0.1, -0.05) is 23.3 Å². The zero-order valence-corrected chi connectivity index (χ0v) is 24.0. The van der Waals surface area contributed by atoms with Crippen molar-refractivity contribution in [3.05, 3.63) is 52.1 Å². The Morgan fingerprint density at radius 2 is 1.26 bits per heavy atom. The first-order chi connectivity index (χ1) is 19.8. The fourth-order valence-electron chi connectivity index (χ4n) is 4.73.